The lowest BCUT2D eigenvalue weighted by Crippen LogP contribution is -2.31. The molecule has 1 aromatic heterocycles. The number of ether oxygens (including phenoxy) is 2. The second kappa shape index (κ2) is 8.39. The minimum absolute atomic E-state index is 0.0527. The molecule has 0 aliphatic carbocycles. The van der Waals surface area contributed by atoms with Gasteiger partial charge in [0.2, 0.25) is 0 Å². The molecule has 0 atom stereocenters. The van der Waals surface area contributed by atoms with Crippen molar-refractivity contribution in [2.75, 3.05) is 19.5 Å². The molecule has 2 amide bonds. The van der Waals surface area contributed by atoms with E-state index in [0.717, 1.165) is 5.56 Å². The van der Waals surface area contributed by atoms with Gasteiger partial charge >= 0.3 is 0 Å². The summed E-state index contributed by atoms with van der Waals surface area (Å²) < 4.78 is 16.0. The molecule has 1 N–H and O–H groups in total. The van der Waals surface area contributed by atoms with E-state index in [-0.39, 0.29) is 18.1 Å². The van der Waals surface area contributed by atoms with E-state index in [1.165, 1.54) is 18.3 Å². The molecule has 7 heteroatoms. The van der Waals surface area contributed by atoms with E-state index in [1.54, 1.807) is 37.4 Å². The average Bonchev–Trinajstić information content (AvgIpc) is 3.37. The highest BCUT2D eigenvalue weighted by Gasteiger charge is 2.39. The Morgan fingerprint density at radius 1 is 0.935 bits per heavy atom. The van der Waals surface area contributed by atoms with E-state index in [4.69, 9.17) is 13.9 Å². The quantitative estimate of drug-likeness (QED) is 0.584. The minimum atomic E-state index is -0.424. The number of hydrogen-bond acceptors (Lipinski definition) is 6. The van der Waals surface area contributed by atoms with Crippen LogP contribution >= 0.6 is 0 Å². The van der Waals surface area contributed by atoms with Crippen molar-refractivity contribution in [2.45, 2.75) is 13.5 Å². The molecule has 0 spiro atoms. The summed E-state index contributed by atoms with van der Waals surface area (Å²) in [6.07, 6.45) is 1.51. The fourth-order valence-corrected chi connectivity index (χ4v) is 3.44. The Labute approximate surface area is 179 Å². The molecule has 31 heavy (non-hydrogen) atoms. The molecule has 0 radical (unpaired) electrons. The maximum Gasteiger partial charge on any atom is 0.278 e. The molecule has 2 aromatic carbocycles. The number of aryl methyl sites for hydroxylation is 1. The molecule has 4 rings (SSSR count). The summed E-state index contributed by atoms with van der Waals surface area (Å²) in [4.78, 5) is 27.7. The minimum Gasteiger partial charge on any atom is -0.493 e. The standard InChI is InChI=1S/C24H22N2O5/c1-15-6-8-16(9-7-15)21-22(25-17-10-11-19(29-2)20(13-17)30-3)24(28)26(23(21)27)14-18-5-4-12-31-18/h4-13,25H,14H2,1-3H3. The Morgan fingerprint density at radius 2 is 1.68 bits per heavy atom. The van der Waals surface area contributed by atoms with Crippen molar-refractivity contribution in [3.8, 4) is 11.5 Å². The SMILES string of the molecule is COc1ccc(NC2=C(c3ccc(C)cc3)C(=O)N(Cc3ccco3)C2=O)cc1OC. The van der Waals surface area contributed by atoms with Gasteiger partial charge in [-0.05, 0) is 36.8 Å². The van der Waals surface area contributed by atoms with Crippen molar-refractivity contribution < 1.29 is 23.5 Å². The number of methoxy groups -OCH3 is 2. The van der Waals surface area contributed by atoms with Gasteiger partial charge in [-0.15, -0.1) is 0 Å². The summed E-state index contributed by atoms with van der Waals surface area (Å²) in [5.74, 6) is 0.792. The van der Waals surface area contributed by atoms with Gasteiger partial charge in [0.05, 0.1) is 32.6 Å². The van der Waals surface area contributed by atoms with Crippen LogP contribution in [-0.4, -0.2) is 30.9 Å². The van der Waals surface area contributed by atoms with Crippen LogP contribution < -0.4 is 14.8 Å². The molecule has 158 valence electrons. The topological polar surface area (TPSA) is 81.0 Å². The van der Waals surface area contributed by atoms with E-state index >= 15 is 0 Å². The van der Waals surface area contributed by atoms with E-state index in [2.05, 4.69) is 5.32 Å². The Kier molecular flexibility index (Phi) is 5.49. The second-order valence-electron chi connectivity index (χ2n) is 7.09. The third-order valence-electron chi connectivity index (χ3n) is 5.06. The van der Waals surface area contributed by atoms with Gasteiger partial charge in [-0.2, -0.15) is 0 Å². The zero-order valence-corrected chi connectivity index (χ0v) is 17.5. The summed E-state index contributed by atoms with van der Waals surface area (Å²) in [7, 11) is 3.09. The monoisotopic (exact) mass is 418 g/mol. The lowest BCUT2D eigenvalue weighted by Gasteiger charge is -2.14. The van der Waals surface area contributed by atoms with Crippen LogP contribution in [0.25, 0.3) is 5.57 Å². The third kappa shape index (κ3) is 3.90. The predicted octanol–water partition coefficient (Wildman–Crippen LogP) is 4.00. The van der Waals surface area contributed by atoms with Crippen LogP contribution in [0.5, 0.6) is 11.5 Å². The van der Waals surface area contributed by atoms with Gasteiger partial charge in [0.15, 0.2) is 11.5 Å². The number of carbonyl (C=O) groups is 2. The highest BCUT2D eigenvalue weighted by Crippen LogP contribution is 2.34. The number of imide groups is 1. The normalized spacial score (nSPS) is 13.7. The molecule has 1 aliphatic rings. The molecule has 1 aliphatic heterocycles. The molecule has 0 bridgehead atoms. The number of benzene rings is 2. The largest absolute Gasteiger partial charge is 0.493 e. The fraction of sp³-hybridized carbons (Fsp3) is 0.167. The molecule has 2 heterocycles. The number of rotatable bonds is 7. The van der Waals surface area contributed by atoms with Gasteiger partial charge in [-0.1, -0.05) is 29.8 Å². The second-order valence-corrected chi connectivity index (χ2v) is 7.09. The fourth-order valence-electron chi connectivity index (χ4n) is 3.44. The van der Waals surface area contributed by atoms with E-state index in [0.29, 0.717) is 34.1 Å². The third-order valence-corrected chi connectivity index (χ3v) is 5.06. The lowest BCUT2D eigenvalue weighted by atomic mass is 10.0. The maximum absolute atomic E-state index is 13.3. The molecular formula is C24H22N2O5. The Morgan fingerprint density at radius 3 is 2.32 bits per heavy atom. The van der Waals surface area contributed by atoms with Crippen LogP contribution in [0, 0.1) is 6.92 Å². The van der Waals surface area contributed by atoms with Gasteiger partial charge in [0.1, 0.15) is 11.5 Å². The number of amides is 2. The summed E-state index contributed by atoms with van der Waals surface area (Å²) in [6, 6.07) is 16.1. The van der Waals surface area contributed by atoms with Crippen LogP contribution in [0.1, 0.15) is 16.9 Å². The highest BCUT2D eigenvalue weighted by molar-refractivity contribution is 6.36. The van der Waals surface area contributed by atoms with Crippen LogP contribution in [-0.2, 0) is 16.1 Å². The van der Waals surface area contributed by atoms with Crippen molar-refractivity contribution in [3.05, 3.63) is 83.4 Å². The first-order valence-electron chi connectivity index (χ1n) is 9.70. The van der Waals surface area contributed by atoms with Gasteiger partial charge in [0.25, 0.3) is 11.8 Å². The molecular weight excluding hydrogens is 396 g/mol. The molecule has 0 saturated heterocycles. The summed E-state index contributed by atoms with van der Waals surface area (Å²) in [5, 5.41) is 3.12. The number of carbonyl (C=O) groups excluding carboxylic acids is 2. The average molecular weight is 418 g/mol. The summed E-state index contributed by atoms with van der Waals surface area (Å²) in [5.41, 5.74) is 2.83. The van der Waals surface area contributed by atoms with Crippen LogP contribution in [0.2, 0.25) is 0 Å². The first kappa shape index (κ1) is 20.3. The Balaban J connectivity index is 1.75. The smallest absolute Gasteiger partial charge is 0.278 e. The highest BCUT2D eigenvalue weighted by atomic mass is 16.5. The summed E-state index contributed by atoms with van der Waals surface area (Å²) >= 11 is 0. The van der Waals surface area contributed by atoms with Gasteiger partial charge < -0.3 is 19.2 Å². The summed E-state index contributed by atoms with van der Waals surface area (Å²) in [6.45, 7) is 2.02. The molecule has 7 nitrogen and oxygen atoms in total. The molecule has 0 unspecified atom stereocenters. The van der Waals surface area contributed by atoms with Gasteiger partial charge in [0, 0.05) is 11.8 Å². The van der Waals surface area contributed by atoms with Crippen molar-refractivity contribution in [1.29, 1.82) is 0 Å². The number of nitrogens with zero attached hydrogens (tertiary/aromatic N) is 1. The Bertz CT molecular complexity index is 1150. The predicted molar refractivity (Wildman–Crippen MR) is 116 cm³/mol. The number of furan rings is 1. The van der Waals surface area contributed by atoms with Gasteiger partial charge in [-0.3, -0.25) is 14.5 Å². The van der Waals surface area contributed by atoms with Crippen LogP contribution in [0.4, 0.5) is 5.69 Å². The van der Waals surface area contributed by atoms with Crippen LogP contribution in [0.3, 0.4) is 0 Å². The van der Waals surface area contributed by atoms with Crippen molar-refractivity contribution in [3.63, 3.8) is 0 Å². The number of hydrogen-bond donors (Lipinski definition) is 1. The zero-order chi connectivity index (χ0) is 22.0. The number of nitrogens with one attached hydrogen (secondary N) is 1. The van der Waals surface area contributed by atoms with E-state index in [9.17, 15) is 9.59 Å². The Hall–Kier alpha value is -4.00. The molecule has 3 aromatic rings. The van der Waals surface area contributed by atoms with E-state index < -0.39 is 5.91 Å². The van der Waals surface area contributed by atoms with Crippen molar-refractivity contribution in [2.24, 2.45) is 0 Å². The molecule has 0 saturated carbocycles. The van der Waals surface area contributed by atoms with Gasteiger partial charge in [-0.25, -0.2) is 0 Å². The first-order valence-corrected chi connectivity index (χ1v) is 9.70. The first-order chi connectivity index (χ1) is 15.0. The molecule has 0 fully saturated rings. The van der Waals surface area contributed by atoms with Crippen molar-refractivity contribution >= 4 is 23.1 Å². The zero-order valence-electron chi connectivity index (χ0n) is 17.5. The van der Waals surface area contributed by atoms with E-state index in [1.807, 2.05) is 31.2 Å². The van der Waals surface area contributed by atoms with Crippen molar-refractivity contribution in [1.82, 2.24) is 4.90 Å². The number of anilines is 1. The lowest BCUT2D eigenvalue weighted by molar-refractivity contribution is -0.137. The van der Waals surface area contributed by atoms with Crippen LogP contribution in [0.15, 0.2) is 71.0 Å². The maximum atomic E-state index is 13.3.